The van der Waals surface area contributed by atoms with Crippen LogP contribution in [0.2, 0.25) is 10.0 Å². The van der Waals surface area contributed by atoms with Gasteiger partial charge in [-0.15, -0.1) is 0 Å². The van der Waals surface area contributed by atoms with Crippen molar-refractivity contribution in [2.24, 2.45) is 5.84 Å². The van der Waals surface area contributed by atoms with Crippen LogP contribution in [0.4, 0.5) is 0 Å². The van der Waals surface area contributed by atoms with Gasteiger partial charge in [-0.1, -0.05) is 45.2 Å². The molecule has 0 radical (unpaired) electrons. The quantitative estimate of drug-likeness (QED) is 0.597. The standard InChI is InChI=1S/C14H17BrCl2N4/c1-3-21-13(14(17)8(2)20-21)7-12(19-18)10-5-4-9(16)6-11(10)15/h4-6,12,19H,3,7,18H2,1-2H3. The van der Waals surface area contributed by atoms with Gasteiger partial charge >= 0.3 is 0 Å². The maximum atomic E-state index is 6.36. The van der Waals surface area contributed by atoms with E-state index in [0.717, 1.165) is 28.0 Å². The average molecular weight is 392 g/mol. The fourth-order valence-corrected chi connectivity index (χ4v) is 3.47. The Labute approximate surface area is 142 Å². The summed E-state index contributed by atoms with van der Waals surface area (Å²) in [4.78, 5) is 0. The second-order valence-corrected chi connectivity index (χ2v) is 6.42. The summed E-state index contributed by atoms with van der Waals surface area (Å²) < 4.78 is 2.82. The fourth-order valence-electron chi connectivity index (χ4n) is 2.30. The zero-order valence-corrected chi connectivity index (χ0v) is 14.9. The topological polar surface area (TPSA) is 55.9 Å². The van der Waals surface area contributed by atoms with Crippen molar-refractivity contribution in [3.63, 3.8) is 0 Å². The molecule has 1 aromatic carbocycles. The summed E-state index contributed by atoms with van der Waals surface area (Å²) in [6.07, 6.45) is 0.643. The van der Waals surface area contributed by atoms with Crippen molar-refractivity contribution < 1.29 is 0 Å². The first-order valence-corrected chi connectivity index (χ1v) is 8.15. The molecule has 0 aliphatic heterocycles. The van der Waals surface area contributed by atoms with Crippen molar-refractivity contribution in [2.75, 3.05) is 0 Å². The van der Waals surface area contributed by atoms with Crippen LogP contribution in [-0.4, -0.2) is 9.78 Å². The van der Waals surface area contributed by atoms with Gasteiger partial charge in [0.05, 0.1) is 22.5 Å². The first-order valence-electron chi connectivity index (χ1n) is 6.60. The van der Waals surface area contributed by atoms with Crippen LogP contribution in [0.15, 0.2) is 22.7 Å². The van der Waals surface area contributed by atoms with Gasteiger partial charge in [-0.2, -0.15) is 5.10 Å². The van der Waals surface area contributed by atoms with Crippen molar-refractivity contribution in [2.45, 2.75) is 32.9 Å². The Balaban J connectivity index is 2.35. The summed E-state index contributed by atoms with van der Waals surface area (Å²) in [5, 5.41) is 5.80. The number of hydrogen-bond acceptors (Lipinski definition) is 3. The van der Waals surface area contributed by atoms with E-state index >= 15 is 0 Å². The molecule has 114 valence electrons. The molecule has 0 aliphatic rings. The van der Waals surface area contributed by atoms with E-state index in [1.165, 1.54) is 0 Å². The monoisotopic (exact) mass is 390 g/mol. The summed E-state index contributed by atoms with van der Waals surface area (Å²) in [6, 6.07) is 5.56. The van der Waals surface area contributed by atoms with E-state index in [-0.39, 0.29) is 6.04 Å². The van der Waals surface area contributed by atoms with E-state index in [1.54, 1.807) is 0 Å². The third-order valence-electron chi connectivity index (χ3n) is 3.39. The summed E-state index contributed by atoms with van der Waals surface area (Å²) in [7, 11) is 0. The molecule has 1 heterocycles. The molecule has 0 fully saturated rings. The SMILES string of the molecule is CCn1nc(C)c(Cl)c1CC(NN)c1ccc(Cl)cc1Br. The molecular formula is C14H17BrCl2N4. The largest absolute Gasteiger partial charge is 0.271 e. The molecule has 0 saturated carbocycles. The van der Waals surface area contributed by atoms with Gasteiger partial charge in [0.25, 0.3) is 0 Å². The molecule has 2 rings (SSSR count). The van der Waals surface area contributed by atoms with Crippen LogP contribution in [0.5, 0.6) is 0 Å². The first kappa shape index (κ1) is 16.8. The average Bonchev–Trinajstić information content (AvgIpc) is 2.72. The predicted molar refractivity (Wildman–Crippen MR) is 90.6 cm³/mol. The number of benzene rings is 1. The van der Waals surface area contributed by atoms with Gasteiger partial charge in [0.15, 0.2) is 0 Å². The highest BCUT2D eigenvalue weighted by Gasteiger charge is 2.20. The minimum absolute atomic E-state index is 0.0875. The Hall–Kier alpha value is -0.590. The van der Waals surface area contributed by atoms with Crippen LogP contribution in [0.25, 0.3) is 0 Å². The van der Waals surface area contributed by atoms with Crippen LogP contribution in [0.3, 0.4) is 0 Å². The Morgan fingerprint density at radius 3 is 2.71 bits per heavy atom. The van der Waals surface area contributed by atoms with Crippen molar-refractivity contribution in [1.82, 2.24) is 15.2 Å². The number of nitrogens with two attached hydrogens (primary N) is 1. The molecule has 4 nitrogen and oxygen atoms in total. The van der Waals surface area contributed by atoms with Gasteiger partial charge in [0, 0.05) is 22.5 Å². The van der Waals surface area contributed by atoms with E-state index in [9.17, 15) is 0 Å². The highest BCUT2D eigenvalue weighted by Crippen LogP contribution is 2.31. The van der Waals surface area contributed by atoms with Crippen LogP contribution in [0, 0.1) is 6.92 Å². The van der Waals surface area contributed by atoms with Gasteiger partial charge in [-0.05, 0) is 31.5 Å². The number of halogens is 3. The van der Waals surface area contributed by atoms with Crippen molar-refractivity contribution in [1.29, 1.82) is 0 Å². The lowest BCUT2D eigenvalue weighted by Crippen LogP contribution is -2.30. The van der Waals surface area contributed by atoms with Crippen LogP contribution >= 0.6 is 39.1 Å². The Morgan fingerprint density at radius 1 is 1.43 bits per heavy atom. The zero-order valence-electron chi connectivity index (χ0n) is 11.8. The van der Waals surface area contributed by atoms with E-state index in [2.05, 4.69) is 26.5 Å². The summed E-state index contributed by atoms with van der Waals surface area (Å²) in [5.74, 6) is 5.73. The smallest absolute Gasteiger partial charge is 0.0847 e. The van der Waals surface area contributed by atoms with E-state index in [1.807, 2.05) is 36.7 Å². The van der Waals surface area contributed by atoms with Crippen molar-refractivity contribution in [3.8, 4) is 0 Å². The van der Waals surface area contributed by atoms with Gasteiger partial charge in [-0.3, -0.25) is 16.0 Å². The predicted octanol–water partition coefficient (Wildman–Crippen LogP) is 4.03. The molecule has 7 heteroatoms. The van der Waals surface area contributed by atoms with Crippen LogP contribution < -0.4 is 11.3 Å². The number of hydrogen-bond donors (Lipinski definition) is 2. The lowest BCUT2D eigenvalue weighted by atomic mass is 10.0. The van der Waals surface area contributed by atoms with E-state index in [0.29, 0.717) is 16.5 Å². The van der Waals surface area contributed by atoms with Gasteiger partial charge in [0.2, 0.25) is 0 Å². The highest BCUT2D eigenvalue weighted by atomic mass is 79.9. The molecule has 0 saturated heterocycles. The lowest BCUT2D eigenvalue weighted by Gasteiger charge is -2.19. The van der Waals surface area contributed by atoms with Crippen LogP contribution in [0.1, 0.15) is 29.9 Å². The molecule has 0 amide bonds. The Bertz CT molecular complexity index is 642. The molecule has 0 aliphatic carbocycles. The Morgan fingerprint density at radius 2 is 2.14 bits per heavy atom. The number of aryl methyl sites for hydroxylation is 2. The first-order chi connectivity index (χ1) is 9.97. The summed E-state index contributed by atoms with van der Waals surface area (Å²) in [5.41, 5.74) is 5.68. The molecule has 1 unspecified atom stereocenters. The fraction of sp³-hybridized carbons (Fsp3) is 0.357. The second-order valence-electron chi connectivity index (χ2n) is 4.75. The van der Waals surface area contributed by atoms with E-state index in [4.69, 9.17) is 29.0 Å². The van der Waals surface area contributed by atoms with Crippen LogP contribution in [-0.2, 0) is 13.0 Å². The molecule has 1 aromatic heterocycles. The Kier molecular flexibility index (Phi) is 5.68. The van der Waals surface area contributed by atoms with Gasteiger partial charge < -0.3 is 0 Å². The highest BCUT2D eigenvalue weighted by molar-refractivity contribution is 9.10. The number of aromatic nitrogens is 2. The lowest BCUT2D eigenvalue weighted by molar-refractivity contribution is 0.515. The molecule has 21 heavy (non-hydrogen) atoms. The van der Waals surface area contributed by atoms with E-state index < -0.39 is 0 Å². The molecule has 2 aromatic rings. The number of rotatable bonds is 5. The number of hydrazine groups is 1. The third kappa shape index (κ3) is 3.60. The number of nitrogens with zero attached hydrogens (tertiary/aromatic N) is 2. The molecule has 0 bridgehead atoms. The zero-order chi connectivity index (χ0) is 15.6. The van der Waals surface area contributed by atoms with Crippen molar-refractivity contribution in [3.05, 3.63) is 49.7 Å². The normalized spacial score (nSPS) is 12.7. The molecule has 3 N–H and O–H groups in total. The minimum Gasteiger partial charge on any atom is -0.271 e. The summed E-state index contributed by atoms with van der Waals surface area (Å²) in [6.45, 7) is 4.71. The summed E-state index contributed by atoms with van der Waals surface area (Å²) >= 11 is 15.9. The molecular weight excluding hydrogens is 375 g/mol. The number of nitrogens with one attached hydrogen (secondary N) is 1. The van der Waals surface area contributed by atoms with Gasteiger partial charge in [-0.25, -0.2) is 0 Å². The molecule has 0 spiro atoms. The molecule has 1 atom stereocenters. The van der Waals surface area contributed by atoms with Gasteiger partial charge in [0.1, 0.15) is 0 Å². The second kappa shape index (κ2) is 7.11. The maximum absolute atomic E-state index is 6.36. The maximum Gasteiger partial charge on any atom is 0.0847 e. The van der Waals surface area contributed by atoms with Crippen molar-refractivity contribution >= 4 is 39.1 Å². The third-order valence-corrected chi connectivity index (χ3v) is 4.80. The minimum atomic E-state index is -0.0875.